The summed E-state index contributed by atoms with van der Waals surface area (Å²) in [5.74, 6) is 0.0186. The highest BCUT2D eigenvalue weighted by Gasteiger charge is 2.53. The molecule has 55 heavy (non-hydrogen) atoms. The first-order valence-electron chi connectivity index (χ1n) is 18.9. The minimum Gasteiger partial charge on any atom is -0.495 e. The molecule has 0 aromatic heterocycles. The summed E-state index contributed by atoms with van der Waals surface area (Å²) in [5, 5.41) is 13.6. The van der Waals surface area contributed by atoms with Crippen molar-refractivity contribution in [1.29, 1.82) is 0 Å². The fraction of sp³-hybridized carbons (Fsp3) is 0.476. The van der Waals surface area contributed by atoms with E-state index in [2.05, 4.69) is 17.3 Å². The number of methoxy groups -OCH3 is 1. The largest absolute Gasteiger partial charge is 0.495 e. The normalized spacial score (nSPS) is 17.0. The van der Waals surface area contributed by atoms with Crippen LogP contribution in [0.2, 0.25) is 0 Å². The number of benzene rings is 3. The van der Waals surface area contributed by atoms with E-state index < -0.39 is 29.7 Å². The van der Waals surface area contributed by atoms with Crippen LogP contribution < -0.4 is 24.6 Å². The number of carbonyl (C=O) groups is 4. The molecular formula is C42H55N5O8. The molecule has 0 spiro atoms. The van der Waals surface area contributed by atoms with Gasteiger partial charge in [-0.15, -0.1) is 0 Å². The first kappa shape index (κ1) is 41.0. The summed E-state index contributed by atoms with van der Waals surface area (Å²) >= 11 is 0. The van der Waals surface area contributed by atoms with Crippen LogP contribution in [0.3, 0.4) is 0 Å². The molecule has 3 aromatic rings. The number of hydrogen-bond donors (Lipinski definition) is 2. The predicted molar refractivity (Wildman–Crippen MR) is 212 cm³/mol. The standard InChI is InChI=1S/C42H55N5O8/c1-29-16-19-34(36(25-29)54-24-12-8-9-15-37(49)46-22-20-44(5)21-23-46)45(6)38(50)30-17-18-32(35(26-30)53-7)43-39(51)42(28-48)27-31-13-10-11-14-33(31)47(42)40(52)55-41(2,3)4/h10-11,13-14,16-19,25-26,48H,8-9,12,15,20-24,27-28H2,1-7H3,(H,43,51). The fourth-order valence-electron chi connectivity index (χ4n) is 6.90. The number of aryl methyl sites for hydroxylation is 1. The highest BCUT2D eigenvalue weighted by atomic mass is 16.6. The molecular weight excluding hydrogens is 702 g/mol. The van der Waals surface area contributed by atoms with Gasteiger partial charge >= 0.3 is 6.09 Å². The van der Waals surface area contributed by atoms with Crippen molar-refractivity contribution in [2.24, 2.45) is 0 Å². The summed E-state index contributed by atoms with van der Waals surface area (Å²) in [6.45, 7) is 10.3. The highest BCUT2D eigenvalue weighted by Crippen LogP contribution is 2.41. The van der Waals surface area contributed by atoms with E-state index in [9.17, 15) is 24.3 Å². The monoisotopic (exact) mass is 757 g/mol. The lowest BCUT2D eigenvalue weighted by atomic mass is 9.93. The molecule has 2 heterocycles. The maximum Gasteiger partial charge on any atom is 0.415 e. The molecule has 2 aliphatic heterocycles. The molecule has 0 aliphatic carbocycles. The molecule has 0 radical (unpaired) electrons. The summed E-state index contributed by atoms with van der Waals surface area (Å²) < 4.78 is 17.5. The molecule has 1 fully saturated rings. The van der Waals surface area contributed by atoms with Crippen LogP contribution in [-0.4, -0.2) is 110 Å². The van der Waals surface area contributed by atoms with Gasteiger partial charge in [0.25, 0.3) is 11.8 Å². The third kappa shape index (κ3) is 9.57. The maximum absolute atomic E-state index is 14.1. The van der Waals surface area contributed by atoms with Gasteiger partial charge in [0.05, 0.1) is 37.4 Å². The van der Waals surface area contributed by atoms with Gasteiger partial charge in [0.15, 0.2) is 5.54 Å². The van der Waals surface area contributed by atoms with Gasteiger partial charge in [0, 0.05) is 51.6 Å². The first-order valence-corrected chi connectivity index (χ1v) is 18.9. The lowest BCUT2D eigenvalue weighted by Gasteiger charge is -2.36. The number of nitrogens with zero attached hydrogens (tertiary/aromatic N) is 4. The topological polar surface area (TPSA) is 141 Å². The number of nitrogens with one attached hydrogen (secondary N) is 1. The van der Waals surface area contributed by atoms with E-state index in [0.29, 0.717) is 41.3 Å². The Kier molecular flexibility index (Phi) is 13.1. The Balaban J connectivity index is 1.25. The molecule has 0 bridgehead atoms. The predicted octanol–water partition coefficient (Wildman–Crippen LogP) is 5.66. The van der Waals surface area contributed by atoms with E-state index in [-0.39, 0.29) is 29.7 Å². The average molecular weight is 758 g/mol. The Bertz CT molecular complexity index is 1870. The number of anilines is 3. The Morgan fingerprint density at radius 3 is 2.35 bits per heavy atom. The van der Waals surface area contributed by atoms with E-state index in [1.165, 1.54) is 23.0 Å². The number of carbonyl (C=O) groups excluding carboxylic acids is 4. The van der Waals surface area contributed by atoms with Crippen LogP contribution >= 0.6 is 0 Å². The number of hydrogen-bond acceptors (Lipinski definition) is 9. The average Bonchev–Trinajstić information content (AvgIpc) is 3.51. The zero-order valence-electron chi connectivity index (χ0n) is 33.1. The number of para-hydroxylation sites is 1. The van der Waals surface area contributed by atoms with Gasteiger partial charge in [-0.3, -0.25) is 19.3 Å². The number of piperazine rings is 1. The Morgan fingerprint density at radius 2 is 1.65 bits per heavy atom. The van der Waals surface area contributed by atoms with Crippen LogP contribution in [0.5, 0.6) is 11.5 Å². The Labute approximate surface area is 324 Å². The lowest BCUT2D eigenvalue weighted by Crippen LogP contribution is -2.61. The summed E-state index contributed by atoms with van der Waals surface area (Å²) in [6.07, 6.45) is 2.25. The quantitative estimate of drug-likeness (QED) is 0.212. The van der Waals surface area contributed by atoms with Gasteiger partial charge in [0.1, 0.15) is 17.1 Å². The van der Waals surface area contributed by atoms with Gasteiger partial charge in [-0.2, -0.15) is 0 Å². The van der Waals surface area contributed by atoms with Crippen molar-refractivity contribution < 1.29 is 38.5 Å². The Morgan fingerprint density at radius 1 is 0.927 bits per heavy atom. The summed E-state index contributed by atoms with van der Waals surface area (Å²) in [6, 6.07) is 17.4. The van der Waals surface area contributed by atoms with Crippen LogP contribution in [0, 0.1) is 6.92 Å². The maximum atomic E-state index is 14.1. The number of amides is 4. The van der Waals surface area contributed by atoms with E-state index in [1.807, 2.05) is 30.0 Å². The zero-order valence-corrected chi connectivity index (χ0v) is 33.1. The van der Waals surface area contributed by atoms with Gasteiger partial charge in [-0.05, 0) is 102 Å². The number of rotatable bonds is 13. The summed E-state index contributed by atoms with van der Waals surface area (Å²) in [5.41, 5.74) is 0.768. The van der Waals surface area contributed by atoms with E-state index >= 15 is 0 Å². The summed E-state index contributed by atoms with van der Waals surface area (Å²) in [7, 11) is 5.17. The van der Waals surface area contributed by atoms with E-state index in [4.69, 9.17) is 14.2 Å². The van der Waals surface area contributed by atoms with E-state index in [1.54, 1.807) is 64.2 Å². The number of aliphatic hydroxyl groups excluding tert-OH is 1. The molecule has 0 saturated carbocycles. The molecule has 3 aromatic carbocycles. The second-order valence-corrected chi connectivity index (χ2v) is 15.4. The van der Waals surface area contributed by atoms with Gasteiger partial charge in [-0.25, -0.2) is 4.79 Å². The minimum atomic E-state index is -1.70. The number of likely N-dealkylation sites (N-methyl/N-ethyl adjacent to an activating group) is 1. The van der Waals surface area contributed by atoms with Crippen molar-refractivity contribution in [1.82, 2.24) is 9.80 Å². The van der Waals surface area contributed by atoms with Crippen molar-refractivity contribution in [2.75, 3.05) is 75.7 Å². The van der Waals surface area contributed by atoms with Crippen LogP contribution in [0.4, 0.5) is 21.9 Å². The van der Waals surface area contributed by atoms with Crippen LogP contribution in [0.15, 0.2) is 60.7 Å². The molecule has 1 unspecified atom stereocenters. The number of unbranched alkanes of at least 4 members (excludes halogenated alkanes) is 2. The molecule has 2 N–H and O–H groups in total. The molecule has 13 nitrogen and oxygen atoms in total. The van der Waals surface area contributed by atoms with Crippen LogP contribution in [-0.2, 0) is 20.7 Å². The smallest absolute Gasteiger partial charge is 0.415 e. The molecule has 1 atom stereocenters. The van der Waals surface area contributed by atoms with Crippen molar-refractivity contribution in [3.05, 3.63) is 77.4 Å². The third-order valence-electron chi connectivity index (χ3n) is 10.0. The number of aliphatic hydroxyl groups is 1. The Hall–Kier alpha value is -5.14. The van der Waals surface area contributed by atoms with Crippen molar-refractivity contribution in [2.45, 2.75) is 70.9 Å². The molecule has 296 valence electrons. The van der Waals surface area contributed by atoms with Gasteiger partial charge < -0.3 is 39.3 Å². The third-order valence-corrected chi connectivity index (χ3v) is 10.0. The fourth-order valence-corrected chi connectivity index (χ4v) is 6.90. The number of ether oxygens (including phenoxy) is 3. The molecule has 1 saturated heterocycles. The van der Waals surface area contributed by atoms with Gasteiger partial charge in [-0.1, -0.05) is 24.3 Å². The highest BCUT2D eigenvalue weighted by molar-refractivity contribution is 6.10. The lowest BCUT2D eigenvalue weighted by molar-refractivity contribution is -0.132. The van der Waals surface area contributed by atoms with Gasteiger partial charge in [0.2, 0.25) is 5.91 Å². The molecule has 4 amide bonds. The number of fused-ring (bicyclic) bond motifs is 1. The van der Waals surface area contributed by atoms with Crippen molar-refractivity contribution >= 4 is 40.9 Å². The van der Waals surface area contributed by atoms with Crippen LogP contribution in [0.1, 0.15) is 67.9 Å². The zero-order chi connectivity index (χ0) is 39.9. The molecule has 5 rings (SSSR count). The molecule has 13 heteroatoms. The first-order chi connectivity index (χ1) is 26.2. The second kappa shape index (κ2) is 17.5. The minimum absolute atomic E-state index is 0.0615. The summed E-state index contributed by atoms with van der Waals surface area (Å²) in [4.78, 5) is 61.0. The molecule has 2 aliphatic rings. The van der Waals surface area contributed by atoms with Crippen LogP contribution in [0.25, 0.3) is 0 Å². The van der Waals surface area contributed by atoms with Crippen molar-refractivity contribution in [3.8, 4) is 11.5 Å². The SMILES string of the molecule is COc1cc(C(=O)N(C)c2ccc(C)cc2OCCCCCC(=O)N2CCN(C)CC2)ccc1NC(=O)C1(CO)Cc2ccccc2N1C(=O)OC(C)(C)C. The van der Waals surface area contributed by atoms with E-state index in [0.717, 1.165) is 51.0 Å². The van der Waals surface area contributed by atoms with Crippen molar-refractivity contribution in [3.63, 3.8) is 0 Å². The second-order valence-electron chi connectivity index (χ2n) is 15.4.